The maximum atomic E-state index is 11.8. The lowest BCUT2D eigenvalue weighted by Crippen LogP contribution is -2.47. The molecule has 2 heterocycles. The molecule has 1 aromatic heterocycles. The minimum atomic E-state index is -0.0533. The number of carbonyl (C=O) groups is 1. The van der Waals surface area contributed by atoms with Crippen LogP contribution in [0.4, 0.5) is 0 Å². The van der Waals surface area contributed by atoms with Gasteiger partial charge in [0, 0.05) is 19.0 Å². The number of nitrogens with one attached hydrogen (secondary N) is 2. The molecule has 1 aromatic rings. The fourth-order valence-corrected chi connectivity index (χ4v) is 2.23. The molecule has 1 aliphatic heterocycles. The quantitative estimate of drug-likeness (QED) is 0.832. The molecular formula is C13H20N2O2. The van der Waals surface area contributed by atoms with Gasteiger partial charge in [-0.15, -0.1) is 0 Å². The number of furan rings is 1. The highest BCUT2D eigenvalue weighted by Crippen LogP contribution is 2.09. The second-order valence-corrected chi connectivity index (χ2v) is 4.69. The van der Waals surface area contributed by atoms with Crippen LogP contribution in [0.5, 0.6) is 0 Å². The Balaban J connectivity index is 1.84. The Morgan fingerprint density at radius 2 is 2.47 bits per heavy atom. The summed E-state index contributed by atoms with van der Waals surface area (Å²) in [6, 6.07) is 4.05. The van der Waals surface area contributed by atoms with E-state index in [0.29, 0.717) is 0 Å². The van der Waals surface area contributed by atoms with Gasteiger partial charge in [-0.05, 0) is 38.3 Å². The summed E-state index contributed by atoms with van der Waals surface area (Å²) in [4.78, 5) is 11.8. The Labute approximate surface area is 102 Å². The van der Waals surface area contributed by atoms with Crippen molar-refractivity contribution in [3.63, 3.8) is 0 Å². The Morgan fingerprint density at radius 1 is 1.59 bits per heavy atom. The zero-order chi connectivity index (χ0) is 12.1. The van der Waals surface area contributed by atoms with Crippen LogP contribution in [0, 0.1) is 0 Å². The van der Waals surface area contributed by atoms with Gasteiger partial charge in [-0.1, -0.05) is 0 Å². The first-order valence-electron chi connectivity index (χ1n) is 6.32. The Bertz CT molecular complexity index is 348. The molecule has 0 saturated carbocycles. The average Bonchev–Trinajstić information content (AvgIpc) is 2.71. The molecule has 0 radical (unpaired) electrons. The van der Waals surface area contributed by atoms with Crippen molar-refractivity contribution < 1.29 is 9.21 Å². The van der Waals surface area contributed by atoms with E-state index in [4.69, 9.17) is 4.42 Å². The first-order valence-corrected chi connectivity index (χ1v) is 6.32. The highest BCUT2D eigenvalue weighted by Gasteiger charge is 2.22. The zero-order valence-electron chi connectivity index (χ0n) is 10.2. The highest BCUT2D eigenvalue weighted by atomic mass is 16.3. The maximum absolute atomic E-state index is 11.8. The molecule has 2 N–H and O–H groups in total. The van der Waals surface area contributed by atoms with Crippen LogP contribution in [0.25, 0.3) is 0 Å². The van der Waals surface area contributed by atoms with E-state index in [2.05, 4.69) is 17.6 Å². The smallest absolute Gasteiger partial charge is 0.237 e. The topological polar surface area (TPSA) is 54.3 Å². The molecule has 17 heavy (non-hydrogen) atoms. The van der Waals surface area contributed by atoms with Crippen molar-refractivity contribution in [1.82, 2.24) is 10.6 Å². The van der Waals surface area contributed by atoms with Crippen molar-refractivity contribution in [1.29, 1.82) is 0 Å². The Kier molecular flexibility index (Phi) is 4.20. The van der Waals surface area contributed by atoms with Crippen LogP contribution in [-0.2, 0) is 11.2 Å². The first kappa shape index (κ1) is 12.2. The molecule has 0 bridgehead atoms. The van der Waals surface area contributed by atoms with Crippen molar-refractivity contribution in [3.05, 3.63) is 24.2 Å². The average molecular weight is 236 g/mol. The van der Waals surface area contributed by atoms with Gasteiger partial charge in [-0.3, -0.25) is 4.79 Å². The standard InChI is InChI=1S/C13H20N2O2/c1-10(9-11-5-4-8-17-11)15-12-6-2-3-7-14-13(12)16/h4-5,8,10,12,15H,2-3,6-7,9H2,1H3,(H,14,16). The largest absolute Gasteiger partial charge is 0.469 e. The maximum Gasteiger partial charge on any atom is 0.237 e. The summed E-state index contributed by atoms with van der Waals surface area (Å²) in [5.41, 5.74) is 0. The predicted octanol–water partition coefficient (Wildman–Crippen LogP) is 1.47. The van der Waals surface area contributed by atoms with E-state index in [1.54, 1.807) is 6.26 Å². The lowest BCUT2D eigenvalue weighted by atomic mass is 10.1. The van der Waals surface area contributed by atoms with E-state index in [-0.39, 0.29) is 18.0 Å². The third-order valence-electron chi connectivity index (χ3n) is 3.11. The van der Waals surface area contributed by atoms with Crippen LogP contribution >= 0.6 is 0 Å². The molecule has 2 atom stereocenters. The summed E-state index contributed by atoms with van der Waals surface area (Å²) >= 11 is 0. The number of rotatable bonds is 4. The molecule has 4 heteroatoms. The van der Waals surface area contributed by atoms with Gasteiger partial charge in [0.05, 0.1) is 12.3 Å². The normalized spacial score (nSPS) is 22.9. The van der Waals surface area contributed by atoms with Crippen molar-refractivity contribution in [3.8, 4) is 0 Å². The molecule has 1 fully saturated rings. The molecule has 4 nitrogen and oxygen atoms in total. The molecule has 94 valence electrons. The summed E-state index contributed by atoms with van der Waals surface area (Å²) in [5, 5.41) is 6.31. The molecule has 2 unspecified atom stereocenters. The third-order valence-corrected chi connectivity index (χ3v) is 3.11. The van der Waals surface area contributed by atoms with Crippen LogP contribution < -0.4 is 10.6 Å². The van der Waals surface area contributed by atoms with Crippen LogP contribution in [0.3, 0.4) is 0 Å². The number of amides is 1. The van der Waals surface area contributed by atoms with Gasteiger partial charge in [-0.2, -0.15) is 0 Å². The van der Waals surface area contributed by atoms with Crippen LogP contribution in [0.1, 0.15) is 31.9 Å². The monoisotopic (exact) mass is 236 g/mol. The van der Waals surface area contributed by atoms with E-state index < -0.39 is 0 Å². The zero-order valence-corrected chi connectivity index (χ0v) is 10.2. The number of carbonyl (C=O) groups excluding carboxylic acids is 1. The van der Waals surface area contributed by atoms with E-state index in [0.717, 1.165) is 38.0 Å². The number of hydrogen-bond donors (Lipinski definition) is 2. The molecule has 1 aliphatic rings. The summed E-state index contributed by atoms with van der Waals surface area (Å²) < 4.78 is 5.30. The summed E-state index contributed by atoms with van der Waals surface area (Å²) in [7, 11) is 0. The SMILES string of the molecule is CC(Cc1ccco1)NC1CCCCNC1=O. The second-order valence-electron chi connectivity index (χ2n) is 4.69. The van der Waals surface area contributed by atoms with Crippen molar-refractivity contribution in [2.45, 2.75) is 44.7 Å². The van der Waals surface area contributed by atoms with Crippen molar-refractivity contribution in [2.75, 3.05) is 6.54 Å². The second kappa shape index (κ2) is 5.87. The predicted molar refractivity (Wildman–Crippen MR) is 65.7 cm³/mol. The Morgan fingerprint density at radius 3 is 3.24 bits per heavy atom. The molecule has 0 spiro atoms. The van der Waals surface area contributed by atoms with Gasteiger partial charge in [-0.25, -0.2) is 0 Å². The van der Waals surface area contributed by atoms with Gasteiger partial charge in [0.2, 0.25) is 5.91 Å². The van der Waals surface area contributed by atoms with Crippen molar-refractivity contribution >= 4 is 5.91 Å². The molecule has 2 rings (SSSR count). The molecule has 0 aromatic carbocycles. The van der Waals surface area contributed by atoms with Crippen LogP contribution in [0.2, 0.25) is 0 Å². The number of hydrogen-bond acceptors (Lipinski definition) is 3. The lowest BCUT2D eigenvalue weighted by molar-refractivity contribution is -0.123. The van der Waals surface area contributed by atoms with E-state index in [9.17, 15) is 4.79 Å². The van der Waals surface area contributed by atoms with Gasteiger partial charge < -0.3 is 15.1 Å². The van der Waals surface area contributed by atoms with Crippen LogP contribution in [0.15, 0.2) is 22.8 Å². The van der Waals surface area contributed by atoms with Crippen LogP contribution in [-0.4, -0.2) is 24.5 Å². The van der Waals surface area contributed by atoms with E-state index >= 15 is 0 Å². The van der Waals surface area contributed by atoms with E-state index in [1.807, 2.05) is 12.1 Å². The van der Waals surface area contributed by atoms with Crippen molar-refractivity contribution in [2.24, 2.45) is 0 Å². The summed E-state index contributed by atoms with van der Waals surface area (Å²) in [6.07, 6.45) is 5.60. The van der Waals surface area contributed by atoms with Gasteiger partial charge in [0.15, 0.2) is 0 Å². The summed E-state index contributed by atoms with van der Waals surface area (Å²) in [5.74, 6) is 1.09. The summed E-state index contributed by atoms with van der Waals surface area (Å²) in [6.45, 7) is 2.89. The third kappa shape index (κ3) is 3.60. The Hall–Kier alpha value is -1.29. The molecule has 1 amide bonds. The minimum Gasteiger partial charge on any atom is -0.469 e. The lowest BCUT2D eigenvalue weighted by Gasteiger charge is -2.20. The highest BCUT2D eigenvalue weighted by molar-refractivity contribution is 5.81. The van der Waals surface area contributed by atoms with Gasteiger partial charge in [0.1, 0.15) is 5.76 Å². The fourth-order valence-electron chi connectivity index (χ4n) is 2.23. The van der Waals surface area contributed by atoms with Gasteiger partial charge in [0.25, 0.3) is 0 Å². The minimum absolute atomic E-state index is 0.0533. The molecule has 1 saturated heterocycles. The van der Waals surface area contributed by atoms with Gasteiger partial charge >= 0.3 is 0 Å². The first-order chi connectivity index (χ1) is 8.25. The fraction of sp³-hybridized carbons (Fsp3) is 0.615. The van der Waals surface area contributed by atoms with E-state index in [1.165, 1.54) is 0 Å². The molecule has 0 aliphatic carbocycles. The molecular weight excluding hydrogens is 216 g/mol.